The number of alkyl halides is 3. The normalized spacial score (nSPS) is 14.8. The largest absolute Gasteiger partial charge is 0.416 e. The number of hydrogen-bond acceptors (Lipinski definition) is 4. The molecular formula is C23H27F3N4O3. The van der Waals surface area contributed by atoms with Gasteiger partial charge >= 0.3 is 12.2 Å². The van der Waals surface area contributed by atoms with Crippen molar-refractivity contribution in [3.8, 4) is 0 Å². The summed E-state index contributed by atoms with van der Waals surface area (Å²) in [6.45, 7) is 6.67. The molecule has 0 unspecified atom stereocenters. The molecule has 33 heavy (non-hydrogen) atoms. The maximum atomic E-state index is 13.5. The van der Waals surface area contributed by atoms with Crippen molar-refractivity contribution in [2.45, 2.75) is 26.6 Å². The highest BCUT2D eigenvalue weighted by molar-refractivity contribution is 5.94. The molecule has 3 amide bonds. The Labute approximate surface area is 190 Å². The number of amides is 3. The maximum Gasteiger partial charge on any atom is 0.416 e. The van der Waals surface area contributed by atoms with Crippen LogP contribution < -0.4 is 10.4 Å². The summed E-state index contributed by atoms with van der Waals surface area (Å²) in [7, 11) is 0. The van der Waals surface area contributed by atoms with Gasteiger partial charge in [0.2, 0.25) is 0 Å². The van der Waals surface area contributed by atoms with Crippen LogP contribution in [-0.2, 0) is 12.7 Å². The third-order valence-corrected chi connectivity index (χ3v) is 5.82. The minimum Gasteiger partial charge on any atom is -0.322 e. The van der Waals surface area contributed by atoms with Crippen molar-refractivity contribution < 1.29 is 28.0 Å². The Morgan fingerprint density at radius 3 is 2.24 bits per heavy atom. The smallest absolute Gasteiger partial charge is 0.322 e. The number of carbonyl (C=O) groups excluding carboxylic acids is 2. The zero-order chi connectivity index (χ0) is 24.2. The van der Waals surface area contributed by atoms with E-state index in [0.29, 0.717) is 31.7 Å². The van der Waals surface area contributed by atoms with Crippen molar-refractivity contribution in [2.24, 2.45) is 0 Å². The lowest BCUT2D eigenvalue weighted by Crippen LogP contribution is -2.52. The topological polar surface area (TPSA) is 76.1 Å². The molecule has 178 valence electrons. The molecule has 0 aliphatic carbocycles. The summed E-state index contributed by atoms with van der Waals surface area (Å²) in [5, 5.41) is 8.77. The zero-order valence-corrected chi connectivity index (χ0v) is 18.5. The van der Waals surface area contributed by atoms with E-state index in [4.69, 9.17) is 5.21 Å². The Bertz CT molecular complexity index is 987. The van der Waals surface area contributed by atoms with E-state index in [1.807, 2.05) is 6.92 Å². The molecule has 10 heteroatoms. The predicted molar refractivity (Wildman–Crippen MR) is 117 cm³/mol. The van der Waals surface area contributed by atoms with E-state index in [9.17, 15) is 22.8 Å². The molecule has 1 fully saturated rings. The number of rotatable bonds is 5. The molecule has 0 atom stereocenters. The highest BCUT2D eigenvalue weighted by Gasteiger charge is 2.34. The van der Waals surface area contributed by atoms with E-state index in [2.05, 4.69) is 4.90 Å². The second-order valence-electron chi connectivity index (χ2n) is 7.92. The van der Waals surface area contributed by atoms with Gasteiger partial charge in [-0.1, -0.05) is 25.1 Å². The summed E-state index contributed by atoms with van der Waals surface area (Å²) < 4.78 is 40.6. The van der Waals surface area contributed by atoms with Crippen molar-refractivity contribution in [3.05, 3.63) is 64.7 Å². The van der Waals surface area contributed by atoms with Crippen LogP contribution in [0, 0.1) is 6.92 Å². The Kier molecular flexibility index (Phi) is 7.60. The molecule has 1 aliphatic heterocycles. The van der Waals surface area contributed by atoms with Gasteiger partial charge < -0.3 is 9.80 Å². The van der Waals surface area contributed by atoms with E-state index in [0.717, 1.165) is 12.6 Å². The molecule has 2 aromatic carbocycles. The maximum absolute atomic E-state index is 13.5. The zero-order valence-electron chi connectivity index (χ0n) is 18.5. The minimum absolute atomic E-state index is 0.0220. The average molecular weight is 464 g/mol. The summed E-state index contributed by atoms with van der Waals surface area (Å²) in [6, 6.07) is 9.64. The SMILES string of the molecule is CCN1CCN(C(=O)N(Cc2ccc(C(=O)NO)cc2)c2ccc(C)c(C(F)(F)F)c2)CC1. The van der Waals surface area contributed by atoms with Crippen LogP contribution in [0.15, 0.2) is 42.5 Å². The van der Waals surface area contributed by atoms with Gasteiger partial charge in [-0.05, 0) is 48.9 Å². The van der Waals surface area contributed by atoms with Crippen LogP contribution in [0.4, 0.5) is 23.7 Å². The fraction of sp³-hybridized carbons (Fsp3) is 0.391. The third kappa shape index (κ3) is 5.82. The van der Waals surface area contributed by atoms with Gasteiger partial charge in [0, 0.05) is 37.4 Å². The molecule has 7 nitrogen and oxygen atoms in total. The lowest BCUT2D eigenvalue weighted by Gasteiger charge is -2.37. The second-order valence-corrected chi connectivity index (χ2v) is 7.92. The van der Waals surface area contributed by atoms with Gasteiger partial charge in [-0.15, -0.1) is 0 Å². The van der Waals surface area contributed by atoms with Gasteiger partial charge in [-0.2, -0.15) is 13.2 Å². The van der Waals surface area contributed by atoms with E-state index in [-0.39, 0.29) is 29.4 Å². The number of urea groups is 1. The highest BCUT2D eigenvalue weighted by Crippen LogP contribution is 2.35. The first-order chi connectivity index (χ1) is 15.6. The van der Waals surface area contributed by atoms with Gasteiger partial charge in [0.25, 0.3) is 5.91 Å². The second kappa shape index (κ2) is 10.2. The number of hydrogen-bond donors (Lipinski definition) is 2. The van der Waals surface area contributed by atoms with Crippen LogP contribution in [-0.4, -0.2) is 59.7 Å². The molecule has 0 bridgehead atoms. The molecule has 2 N–H and O–H groups in total. The standard InChI is InChI=1S/C23H27F3N4O3/c1-3-28-10-12-29(13-11-28)22(32)30(15-17-5-7-18(8-6-17)21(31)27-33)19-9-4-16(2)20(14-19)23(24,25)26/h4-9,14,33H,3,10-13,15H2,1-2H3,(H,27,31). The summed E-state index contributed by atoms with van der Waals surface area (Å²) in [5.41, 5.74) is 1.81. The van der Waals surface area contributed by atoms with Crippen LogP contribution >= 0.6 is 0 Å². The molecule has 0 spiro atoms. The molecule has 0 radical (unpaired) electrons. The van der Waals surface area contributed by atoms with E-state index < -0.39 is 17.6 Å². The first-order valence-electron chi connectivity index (χ1n) is 10.6. The number of nitrogens with zero attached hydrogens (tertiary/aromatic N) is 3. The summed E-state index contributed by atoms with van der Waals surface area (Å²) in [4.78, 5) is 30.2. The Morgan fingerprint density at radius 1 is 1.06 bits per heavy atom. The van der Waals surface area contributed by atoms with Crippen LogP contribution in [0.5, 0.6) is 0 Å². The monoisotopic (exact) mass is 464 g/mol. The quantitative estimate of drug-likeness (QED) is 0.520. The predicted octanol–water partition coefficient (Wildman–Crippen LogP) is 3.90. The van der Waals surface area contributed by atoms with Crippen LogP contribution in [0.3, 0.4) is 0 Å². The Morgan fingerprint density at radius 2 is 1.70 bits per heavy atom. The number of nitrogens with one attached hydrogen (secondary N) is 1. The van der Waals surface area contributed by atoms with Gasteiger partial charge in [0.1, 0.15) is 0 Å². The van der Waals surface area contributed by atoms with Crippen molar-refractivity contribution in [3.63, 3.8) is 0 Å². The first kappa shape index (κ1) is 24.5. The van der Waals surface area contributed by atoms with Crippen LogP contribution in [0.2, 0.25) is 0 Å². The fourth-order valence-electron chi connectivity index (χ4n) is 3.79. The van der Waals surface area contributed by atoms with Crippen molar-refractivity contribution >= 4 is 17.6 Å². The number of benzene rings is 2. The highest BCUT2D eigenvalue weighted by atomic mass is 19.4. The molecule has 3 rings (SSSR count). The summed E-state index contributed by atoms with van der Waals surface area (Å²) in [5.74, 6) is -0.684. The van der Waals surface area contributed by atoms with Crippen LogP contribution in [0.1, 0.15) is 34.0 Å². The van der Waals surface area contributed by atoms with Crippen molar-refractivity contribution in [1.29, 1.82) is 0 Å². The van der Waals surface area contributed by atoms with Crippen LogP contribution in [0.25, 0.3) is 0 Å². The van der Waals surface area contributed by atoms with Crippen molar-refractivity contribution in [1.82, 2.24) is 15.3 Å². The molecule has 0 saturated carbocycles. The Hall–Kier alpha value is -3.11. The Balaban J connectivity index is 1.93. The third-order valence-electron chi connectivity index (χ3n) is 5.82. The lowest BCUT2D eigenvalue weighted by molar-refractivity contribution is -0.138. The number of carbonyl (C=O) groups is 2. The summed E-state index contributed by atoms with van der Waals surface area (Å²) in [6.07, 6.45) is -4.54. The number of halogens is 3. The molecule has 1 heterocycles. The number of likely N-dealkylation sites (N-methyl/N-ethyl adjacent to an activating group) is 1. The summed E-state index contributed by atoms with van der Waals surface area (Å²) >= 11 is 0. The molecule has 0 aromatic heterocycles. The number of anilines is 1. The van der Waals surface area contributed by atoms with Gasteiger partial charge in [-0.25, -0.2) is 10.3 Å². The molecule has 1 saturated heterocycles. The molecule has 1 aliphatic rings. The van der Waals surface area contributed by atoms with E-state index in [1.54, 1.807) is 22.5 Å². The fourth-order valence-corrected chi connectivity index (χ4v) is 3.79. The average Bonchev–Trinajstić information content (AvgIpc) is 2.81. The van der Waals surface area contributed by atoms with Gasteiger partial charge in [0.15, 0.2) is 0 Å². The lowest BCUT2D eigenvalue weighted by atomic mass is 10.1. The number of hydroxylamine groups is 1. The van der Waals surface area contributed by atoms with E-state index in [1.165, 1.54) is 36.1 Å². The van der Waals surface area contributed by atoms with Gasteiger partial charge in [0.05, 0.1) is 12.1 Å². The number of aryl methyl sites for hydroxylation is 1. The minimum atomic E-state index is -4.54. The van der Waals surface area contributed by atoms with Crippen molar-refractivity contribution in [2.75, 3.05) is 37.6 Å². The molecule has 2 aromatic rings. The van der Waals surface area contributed by atoms with E-state index >= 15 is 0 Å². The molecular weight excluding hydrogens is 437 g/mol. The van der Waals surface area contributed by atoms with Gasteiger partial charge in [-0.3, -0.25) is 14.9 Å². The number of piperazine rings is 1. The first-order valence-corrected chi connectivity index (χ1v) is 10.6.